The van der Waals surface area contributed by atoms with Crippen LogP contribution in [0.4, 0.5) is 11.5 Å². The Kier molecular flexibility index (Phi) is 6.27. The average molecular weight is 375 g/mol. The Bertz CT molecular complexity index is 919. The first-order valence-corrected chi connectivity index (χ1v) is 9.29. The lowest BCUT2D eigenvalue weighted by molar-refractivity contribution is 0.102. The zero-order valence-electron chi connectivity index (χ0n) is 16.4. The molecule has 28 heavy (non-hydrogen) atoms. The Hall–Kier alpha value is -3.34. The molecule has 0 bridgehead atoms. The number of hydrogen-bond acceptors (Lipinski definition) is 4. The second kappa shape index (κ2) is 9.04. The number of aromatic nitrogens is 1. The largest absolute Gasteiger partial charge is 0.497 e. The van der Waals surface area contributed by atoms with Gasteiger partial charge >= 0.3 is 0 Å². The highest BCUT2D eigenvalue weighted by Crippen LogP contribution is 2.18. The highest BCUT2D eigenvalue weighted by Gasteiger charge is 2.08. The van der Waals surface area contributed by atoms with Crippen molar-refractivity contribution in [2.24, 2.45) is 0 Å². The molecule has 5 nitrogen and oxygen atoms in total. The zero-order chi connectivity index (χ0) is 19.9. The molecule has 2 aromatic carbocycles. The second-order valence-corrected chi connectivity index (χ2v) is 6.86. The van der Waals surface area contributed by atoms with Gasteiger partial charge in [0.15, 0.2) is 0 Å². The van der Waals surface area contributed by atoms with Gasteiger partial charge < -0.3 is 15.4 Å². The lowest BCUT2D eigenvalue weighted by Gasteiger charge is -2.10. The summed E-state index contributed by atoms with van der Waals surface area (Å²) >= 11 is 0. The molecule has 0 aliphatic carbocycles. The van der Waals surface area contributed by atoms with E-state index in [4.69, 9.17) is 4.74 Å². The summed E-state index contributed by atoms with van der Waals surface area (Å²) in [4.78, 5) is 16.8. The number of amides is 1. The van der Waals surface area contributed by atoms with Crippen molar-refractivity contribution >= 4 is 17.4 Å². The molecule has 3 aromatic rings. The molecule has 0 unspecified atom stereocenters. The predicted molar refractivity (Wildman–Crippen MR) is 113 cm³/mol. The maximum Gasteiger partial charge on any atom is 0.255 e. The lowest BCUT2D eigenvalue weighted by Crippen LogP contribution is -2.13. The van der Waals surface area contributed by atoms with Gasteiger partial charge in [-0.25, -0.2) is 4.98 Å². The third-order valence-corrected chi connectivity index (χ3v) is 4.49. The molecular weight excluding hydrogens is 350 g/mol. The number of carbonyl (C=O) groups excluding carboxylic acids is 1. The van der Waals surface area contributed by atoms with Crippen LogP contribution in [0, 0.1) is 0 Å². The number of rotatable bonds is 7. The van der Waals surface area contributed by atoms with Crippen LogP contribution in [0.5, 0.6) is 5.75 Å². The van der Waals surface area contributed by atoms with E-state index in [-0.39, 0.29) is 5.91 Å². The lowest BCUT2D eigenvalue weighted by atomic mass is 10.0. The summed E-state index contributed by atoms with van der Waals surface area (Å²) in [7, 11) is 1.65. The number of hydrogen-bond donors (Lipinski definition) is 2. The molecule has 0 fully saturated rings. The minimum atomic E-state index is -0.160. The standard InChI is InChI=1S/C23H25N3O2/c1-16(2)18-6-8-20(9-7-18)26-23(27)19-12-13-24-22(14-19)25-15-17-4-10-21(28-3)11-5-17/h4-14,16H,15H2,1-3H3,(H,24,25)(H,26,27). The van der Waals surface area contributed by atoms with Gasteiger partial charge in [-0.3, -0.25) is 4.79 Å². The average Bonchev–Trinajstić information content (AvgIpc) is 2.73. The highest BCUT2D eigenvalue weighted by molar-refractivity contribution is 6.04. The Morgan fingerprint density at radius 3 is 2.39 bits per heavy atom. The third-order valence-electron chi connectivity index (χ3n) is 4.49. The van der Waals surface area contributed by atoms with E-state index in [0.717, 1.165) is 17.0 Å². The van der Waals surface area contributed by atoms with Crippen LogP contribution in [-0.2, 0) is 6.54 Å². The quantitative estimate of drug-likeness (QED) is 0.605. The monoisotopic (exact) mass is 375 g/mol. The molecule has 1 amide bonds. The topological polar surface area (TPSA) is 63.2 Å². The normalized spacial score (nSPS) is 10.6. The summed E-state index contributed by atoms with van der Waals surface area (Å²) in [6.45, 7) is 4.90. The van der Waals surface area contributed by atoms with E-state index in [0.29, 0.717) is 23.8 Å². The molecule has 3 rings (SSSR count). The molecule has 0 spiro atoms. The van der Waals surface area contributed by atoms with Crippen LogP contribution < -0.4 is 15.4 Å². The summed E-state index contributed by atoms with van der Waals surface area (Å²) in [6.07, 6.45) is 1.63. The molecule has 5 heteroatoms. The van der Waals surface area contributed by atoms with Crippen molar-refractivity contribution in [1.82, 2.24) is 4.98 Å². The van der Waals surface area contributed by atoms with Crippen molar-refractivity contribution in [1.29, 1.82) is 0 Å². The first-order chi connectivity index (χ1) is 13.5. The minimum absolute atomic E-state index is 0.160. The van der Waals surface area contributed by atoms with Crippen LogP contribution >= 0.6 is 0 Å². The van der Waals surface area contributed by atoms with Crippen LogP contribution in [0.2, 0.25) is 0 Å². The Balaban J connectivity index is 1.62. The summed E-state index contributed by atoms with van der Waals surface area (Å²) in [6, 6.07) is 19.2. The van der Waals surface area contributed by atoms with Crippen LogP contribution in [0.25, 0.3) is 0 Å². The van der Waals surface area contributed by atoms with Gasteiger partial charge in [-0.15, -0.1) is 0 Å². The number of nitrogens with one attached hydrogen (secondary N) is 2. The van der Waals surface area contributed by atoms with Crippen LogP contribution in [0.3, 0.4) is 0 Å². The van der Waals surface area contributed by atoms with Crippen molar-refractivity contribution in [3.63, 3.8) is 0 Å². The summed E-state index contributed by atoms with van der Waals surface area (Å²) in [5.41, 5.74) is 3.67. The molecule has 0 saturated carbocycles. The van der Waals surface area contributed by atoms with Gasteiger partial charge in [-0.05, 0) is 53.4 Å². The Morgan fingerprint density at radius 2 is 1.75 bits per heavy atom. The van der Waals surface area contributed by atoms with Gasteiger partial charge in [0.1, 0.15) is 11.6 Å². The van der Waals surface area contributed by atoms with E-state index in [2.05, 4.69) is 29.5 Å². The molecule has 2 N–H and O–H groups in total. The minimum Gasteiger partial charge on any atom is -0.497 e. The zero-order valence-corrected chi connectivity index (χ0v) is 16.4. The SMILES string of the molecule is COc1ccc(CNc2cc(C(=O)Nc3ccc(C(C)C)cc3)ccn2)cc1. The summed E-state index contributed by atoms with van der Waals surface area (Å²) in [5.74, 6) is 1.78. The van der Waals surface area contributed by atoms with Gasteiger partial charge in [0.05, 0.1) is 7.11 Å². The fourth-order valence-corrected chi connectivity index (χ4v) is 2.76. The van der Waals surface area contributed by atoms with E-state index in [1.165, 1.54) is 5.56 Å². The van der Waals surface area contributed by atoms with Gasteiger partial charge in [-0.1, -0.05) is 38.1 Å². The number of pyridine rings is 1. The predicted octanol–water partition coefficient (Wildman–Crippen LogP) is 5.08. The van der Waals surface area contributed by atoms with Crippen LogP contribution in [0.1, 0.15) is 41.3 Å². The highest BCUT2D eigenvalue weighted by atomic mass is 16.5. The van der Waals surface area contributed by atoms with Crippen LogP contribution in [-0.4, -0.2) is 18.0 Å². The molecule has 0 atom stereocenters. The molecule has 0 aliphatic rings. The molecule has 1 aromatic heterocycles. The number of methoxy groups -OCH3 is 1. The first kappa shape index (κ1) is 19.4. The van der Waals surface area contributed by atoms with Gasteiger partial charge in [0.25, 0.3) is 5.91 Å². The van der Waals surface area contributed by atoms with E-state index in [1.807, 2.05) is 48.5 Å². The van der Waals surface area contributed by atoms with Gasteiger partial charge in [0, 0.05) is 24.0 Å². The molecular formula is C23H25N3O2. The van der Waals surface area contributed by atoms with Crippen molar-refractivity contribution in [3.8, 4) is 5.75 Å². The number of benzene rings is 2. The number of ether oxygens (including phenoxy) is 1. The van der Waals surface area contributed by atoms with Crippen molar-refractivity contribution in [2.75, 3.05) is 17.7 Å². The fourth-order valence-electron chi connectivity index (χ4n) is 2.76. The van der Waals surface area contributed by atoms with E-state index < -0.39 is 0 Å². The molecule has 0 radical (unpaired) electrons. The van der Waals surface area contributed by atoms with Gasteiger partial charge in [-0.2, -0.15) is 0 Å². The number of anilines is 2. The van der Waals surface area contributed by atoms with Crippen LogP contribution in [0.15, 0.2) is 66.9 Å². The Morgan fingerprint density at radius 1 is 1.04 bits per heavy atom. The molecule has 0 saturated heterocycles. The third kappa shape index (κ3) is 5.10. The fraction of sp³-hybridized carbons (Fsp3) is 0.217. The first-order valence-electron chi connectivity index (χ1n) is 9.29. The van der Waals surface area contributed by atoms with Crippen molar-refractivity contribution in [2.45, 2.75) is 26.3 Å². The molecule has 0 aliphatic heterocycles. The molecule has 144 valence electrons. The van der Waals surface area contributed by atoms with E-state index >= 15 is 0 Å². The van der Waals surface area contributed by atoms with Crippen molar-refractivity contribution < 1.29 is 9.53 Å². The second-order valence-electron chi connectivity index (χ2n) is 6.86. The molecule has 1 heterocycles. The van der Waals surface area contributed by atoms with Gasteiger partial charge in [0.2, 0.25) is 0 Å². The summed E-state index contributed by atoms with van der Waals surface area (Å²) < 4.78 is 5.16. The van der Waals surface area contributed by atoms with E-state index in [1.54, 1.807) is 25.4 Å². The Labute approximate surface area is 165 Å². The smallest absolute Gasteiger partial charge is 0.255 e. The maximum absolute atomic E-state index is 12.5. The maximum atomic E-state index is 12.5. The number of carbonyl (C=O) groups is 1. The number of nitrogens with zero attached hydrogens (tertiary/aromatic N) is 1. The summed E-state index contributed by atoms with van der Waals surface area (Å²) in [5, 5.41) is 6.18. The van der Waals surface area contributed by atoms with E-state index in [9.17, 15) is 4.79 Å². The van der Waals surface area contributed by atoms with Crippen molar-refractivity contribution in [3.05, 3.63) is 83.6 Å².